The highest BCUT2D eigenvalue weighted by atomic mass is 19.2. The van der Waals surface area contributed by atoms with Crippen LogP contribution in [0.15, 0.2) is 36.4 Å². The Balaban J connectivity index is 1.50. The van der Waals surface area contributed by atoms with Crippen molar-refractivity contribution in [3.8, 4) is 0 Å². The number of rotatable bonds is 4. The molecule has 0 aliphatic carbocycles. The fourth-order valence-electron chi connectivity index (χ4n) is 3.78. The number of aryl methyl sites for hydroxylation is 1. The van der Waals surface area contributed by atoms with E-state index >= 15 is 0 Å². The number of ether oxygens (including phenoxy) is 1. The third-order valence-electron chi connectivity index (χ3n) is 5.36. The van der Waals surface area contributed by atoms with Gasteiger partial charge in [-0.2, -0.15) is 0 Å². The van der Waals surface area contributed by atoms with Crippen LogP contribution in [-0.4, -0.2) is 35.4 Å². The van der Waals surface area contributed by atoms with Gasteiger partial charge in [0.2, 0.25) is 5.91 Å². The standard InChI is InChI=1S/C22H20F2N2O3/c1-29-22(28)14-4-6-19-15(11-14)16-12-26(9-8-20(16)25-19)21(27)7-3-13-2-5-17(23)18(24)10-13/h2,4-6,10-11,25H,3,7-9,12H2,1H3. The largest absolute Gasteiger partial charge is 0.465 e. The number of halogens is 2. The Kier molecular flexibility index (Phi) is 5.05. The molecule has 2 aromatic carbocycles. The van der Waals surface area contributed by atoms with Crippen LogP contribution in [0.3, 0.4) is 0 Å². The fourth-order valence-corrected chi connectivity index (χ4v) is 3.78. The molecule has 1 amide bonds. The maximum atomic E-state index is 13.3. The van der Waals surface area contributed by atoms with Crippen molar-refractivity contribution < 1.29 is 23.1 Å². The summed E-state index contributed by atoms with van der Waals surface area (Å²) in [6.07, 6.45) is 1.25. The molecule has 0 atom stereocenters. The zero-order valence-corrected chi connectivity index (χ0v) is 15.9. The van der Waals surface area contributed by atoms with Crippen molar-refractivity contribution in [2.75, 3.05) is 13.7 Å². The molecule has 1 N–H and O–H groups in total. The molecule has 2 heterocycles. The second-order valence-electron chi connectivity index (χ2n) is 7.15. The number of hydrogen-bond acceptors (Lipinski definition) is 3. The lowest BCUT2D eigenvalue weighted by Gasteiger charge is -2.27. The number of carbonyl (C=O) groups excluding carboxylic acids is 2. The summed E-state index contributed by atoms with van der Waals surface area (Å²) >= 11 is 0. The summed E-state index contributed by atoms with van der Waals surface area (Å²) < 4.78 is 31.2. The van der Waals surface area contributed by atoms with Gasteiger partial charge in [-0.1, -0.05) is 6.07 Å². The number of amides is 1. The maximum absolute atomic E-state index is 13.3. The molecule has 0 radical (unpaired) electrons. The van der Waals surface area contributed by atoms with Crippen LogP contribution in [-0.2, 0) is 28.9 Å². The van der Waals surface area contributed by atoms with E-state index in [2.05, 4.69) is 4.98 Å². The molecular formula is C22H20F2N2O3. The van der Waals surface area contributed by atoms with E-state index in [1.54, 1.807) is 17.0 Å². The number of hydrogen-bond donors (Lipinski definition) is 1. The summed E-state index contributed by atoms with van der Waals surface area (Å²) in [7, 11) is 1.34. The minimum atomic E-state index is -0.905. The van der Waals surface area contributed by atoms with Crippen LogP contribution in [0, 0.1) is 11.6 Å². The van der Waals surface area contributed by atoms with Gasteiger partial charge >= 0.3 is 5.97 Å². The molecular weight excluding hydrogens is 378 g/mol. The maximum Gasteiger partial charge on any atom is 0.337 e. The van der Waals surface area contributed by atoms with E-state index in [9.17, 15) is 18.4 Å². The Bertz CT molecular complexity index is 1110. The van der Waals surface area contributed by atoms with Gasteiger partial charge in [-0.05, 0) is 42.3 Å². The topological polar surface area (TPSA) is 62.4 Å². The predicted molar refractivity (Wildman–Crippen MR) is 103 cm³/mol. The molecule has 7 heteroatoms. The molecule has 29 heavy (non-hydrogen) atoms. The number of aromatic nitrogens is 1. The number of methoxy groups -OCH3 is 1. The van der Waals surface area contributed by atoms with Crippen LogP contribution < -0.4 is 0 Å². The van der Waals surface area contributed by atoms with Gasteiger partial charge in [0, 0.05) is 48.1 Å². The van der Waals surface area contributed by atoms with E-state index in [4.69, 9.17) is 4.74 Å². The van der Waals surface area contributed by atoms with Gasteiger partial charge in [-0.3, -0.25) is 4.79 Å². The highest BCUT2D eigenvalue weighted by Gasteiger charge is 2.24. The van der Waals surface area contributed by atoms with Gasteiger partial charge in [0.1, 0.15) is 0 Å². The number of H-pyrrole nitrogens is 1. The zero-order chi connectivity index (χ0) is 20.5. The third-order valence-corrected chi connectivity index (χ3v) is 5.36. The Morgan fingerprint density at radius 2 is 1.97 bits per heavy atom. The van der Waals surface area contributed by atoms with Crippen LogP contribution >= 0.6 is 0 Å². The van der Waals surface area contributed by atoms with E-state index in [0.29, 0.717) is 37.1 Å². The predicted octanol–water partition coefficient (Wildman–Crippen LogP) is 3.75. The van der Waals surface area contributed by atoms with Crippen molar-refractivity contribution in [2.45, 2.75) is 25.8 Å². The summed E-state index contributed by atoms with van der Waals surface area (Å²) in [6, 6.07) is 9.04. The molecule has 3 aromatic rings. The molecule has 1 aliphatic heterocycles. The molecule has 0 bridgehead atoms. The van der Waals surface area contributed by atoms with Crippen LogP contribution in [0.5, 0.6) is 0 Å². The normalized spacial score (nSPS) is 13.4. The van der Waals surface area contributed by atoms with Gasteiger partial charge in [-0.15, -0.1) is 0 Å². The van der Waals surface area contributed by atoms with Crippen molar-refractivity contribution >= 4 is 22.8 Å². The smallest absolute Gasteiger partial charge is 0.337 e. The Hall–Kier alpha value is -3.22. The molecule has 0 spiro atoms. The first-order chi connectivity index (χ1) is 14.0. The molecule has 1 aliphatic rings. The Morgan fingerprint density at radius 1 is 1.14 bits per heavy atom. The monoisotopic (exact) mass is 398 g/mol. The molecule has 150 valence electrons. The number of nitrogens with zero attached hydrogens (tertiary/aromatic N) is 1. The van der Waals surface area contributed by atoms with E-state index in [1.807, 2.05) is 6.07 Å². The summed E-state index contributed by atoms with van der Waals surface area (Å²) in [5, 5.41) is 0.904. The summed E-state index contributed by atoms with van der Waals surface area (Å²) in [6.45, 7) is 1.02. The number of fused-ring (bicyclic) bond motifs is 3. The number of benzene rings is 2. The summed E-state index contributed by atoms with van der Waals surface area (Å²) in [4.78, 5) is 29.6. The lowest BCUT2D eigenvalue weighted by molar-refractivity contribution is -0.132. The second-order valence-corrected chi connectivity index (χ2v) is 7.15. The Morgan fingerprint density at radius 3 is 2.72 bits per heavy atom. The SMILES string of the molecule is COC(=O)c1ccc2[nH]c3c(c2c1)CN(C(=O)CCc1ccc(F)c(F)c1)CC3. The van der Waals surface area contributed by atoms with Crippen molar-refractivity contribution in [1.29, 1.82) is 0 Å². The van der Waals surface area contributed by atoms with E-state index in [-0.39, 0.29) is 12.3 Å². The van der Waals surface area contributed by atoms with Crippen LogP contribution in [0.25, 0.3) is 10.9 Å². The molecule has 4 rings (SSSR count). The lowest BCUT2D eigenvalue weighted by Crippen LogP contribution is -2.35. The van der Waals surface area contributed by atoms with Gasteiger partial charge in [0.15, 0.2) is 11.6 Å². The first-order valence-electron chi connectivity index (χ1n) is 9.39. The van der Waals surface area contributed by atoms with Gasteiger partial charge in [0.25, 0.3) is 0 Å². The summed E-state index contributed by atoms with van der Waals surface area (Å²) in [5.41, 5.74) is 4.02. The third kappa shape index (κ3) is 3.72. The zero-order valence-electron chi connectivity index (χ0n) is 15.9. The lowest BCUT2D eigenvalue weighted by atomic mass is 10.0. The quantitative estimate of drug-likeness (QED) is 0.681. The van der Waals surface area contributed by atoms with E-state index in [1.165, 1.54) is 13.2 Å². The highest BCUT2D eigenvalue weighted by molar-refractivity contribution is 5.96. The average molecular weight is 398 g/mol. The molecule has 0 saturated carbocycles. The first kappa shape index (κ1) is 19.1. The fraction of sp³-hybridized carbons (Fsp3) is 0.273. The van der Waals surface area contributed by atoms with Crippen LogP contribution in [0.4, 0.5) is 8.78 Å². The van der Waals surface area contributed by atoms with Crippen LogP contribution in [0.2, 0.25) is 0 Å². The van der Waals surface area contributed by atoms with Crippen molar-refractivity contribution in [3.05, 3.63) is 70.4 Å². The van der Waals surface area contributed by atoms with Gasteiger partial charge in [-0.25, -0.2) is 13.6 Å². The number of aromatic amines is 1. The van der Waals surface area contributed by atoms with Gasteiger partial charge < -0.3 is 14.6 Å². The van der Waals surface area contributed by atoms with Crippen molar-refractivity contribution in [2.24, 2.45) is 0 Å². The minimum Gasteiger partial charge on any atom is -0.465 e. The summed E-state index contributed by atoms with van der Waals surface area (Å²) in [5.74, 6) is -2.25. The number of nitrogens with one attached hydrogen (secondary N) is 1. The average Bonchev–Trinajstić information content (AvgIpc) is 3.10. The molecule has 5 nitrogen and oxygen atoms in total. The van der Waals surface area contributed by atoms with Gasteiger partial charge in [0.05, 0.1) is 12.7 Å². The van der Waals surface area contributed by atoms with Crippen LogP contribution in [0.1, 0.15) is 33.6 Å². The molecule has 1 aromatic heterocycles. The number of esters is 1. The second kappa shape index (κ2) is 7.66. The molecule has 0 saturated heterocycles. The van der Waals surface area contributed by atoms with E-state index < -0.39 is 17.6 Å². The Labute approximate surface area is 166 Å². The minimum absolute atomic E-state index is 0.0427. The molecule has 0 unspecified atom stereocenters. The molecule has 0 fully saturated rings. The first-order valence-corrected chi connectivity index (χ1v) is 9.39. The number of carbonyl (C=O) groups is 2. The highest BCUT2D eigenvalue weighted by Crippen LogP contribution is 2.29. The van der Waals surface area contributed by atoms with Crippen molar-refractivity contribution in [1.82, 2.24) is 9.88 Å². The van der Waals surface area contributed by atoms with Crippen molar-refractivity contribution in [3.63, 3.8) is 0 Å². The van der Waals surface area contributed by atoms with E-state index in [0.717, 1.165) is 34.3 Å².